The molecule has 0 radical (unpaired) electrons. The molecule has 0 aromatic carbocycles. The van der Waals surface area contributed by atoms with E-state index in [1.54, 1.807) is 0 Å². The molecule has 0 aliphatic heterocycles. The fourth-order valence-corrected chi connectivity index (χ4v) is 1.53. The first-order valence-electron chi connectivity index (χ1n) is 3.30. The normalized spacial score (nSPS) is 39.8. The van der Waals surface area contributed by atoms with Gasteiger partial charge in [0, 0.05) is 6.04 Å². The predicted molar refractivity (Wildman–Crippen MR) is 39.9 cm³/mol. The Morgan fingerprint density at radius 1 is 1.12 bits per heavy atom. The number of nitrogens with two attached hydrogens (primary N) is 1. The second-order valence-corrected chi connectivity index (χ2v) is 3.62. The Balaban J connectivity index is 2.19. The van der Waals surface area contributed by atoms with Gasteiger partial charge in [0.25, 0.3) is 0 Å². The second-order valence-electron chi connectivity index (χ2n) is 2.67. The zero-order chi connectivity index (χ0) is 5.98. The van der Waals surface area contributed by atoms with E-state index >= 15 is 0 Å². The Labute approximate surface area is 53.2 Å². The van der Waals surface area contributed by atoms with E-state index in [9.17, 15) is 0 Å². The molecule has 1 rings (SSSR count). The lowest BCUT2D eigenvalue weighted by molar-refractivity contribution is 0.450. The van der Waals surface area contributed by atoms with E-state index in [0.717, 1.165) is 5.66 Å². The lowest BCUT2D eigenvalue weighted by Gasteiger charge is -2.22. The molecule has 1 aliphatic carbocycles. The minimum Gasteiger partial charge on any atom is -0.328 e. The third-order valence-corrected chi connectivity index (χ3v) is 2.48. The van der Waals surface area contributed by atoms with Crippen molar-refractivity contribution in [2.24, 2.45) is 5.73 Å². The van der Waals surface area contributed by atoms with Crippen molar-refractivity contribution in [1.82, 2.24) is 0 Å². The van der Waals surface area contributed by atoms with Gasteiger partial charge in [0.1, 0.15) is 0 Å². The van der Waals surface area contributed by atoms with Crippen LogP contribution in [-0.4, -0.2) is 11.7 Å². The zero-order valence-corrected chi connectivity index (χ0v) is 6.29. The van der Waals surface area contributed by atoms with Crippen LogP contribution < -0.4 is 5.73 Å². The molecule has 48 valence electrons. The number of rotatable bonds is 0. The van der Waals surface area contributed by atoms with Crippen molar-refractivity contribution < 1.29 is 0 Å². The highest BCUT2D eigenvalue weighted by molar-refractivity contribution is 7.17. The highest BCUT2D eigenvalue weighted by atomic mass is 31.0. The molecular formula is C6H14NP. The zero-order valence-electron chi connectivity index (χ0n) is 5.14. The summed E-state index contributed by atoms with van der Waals surface area (Å²) in [7, 11) is 2.87. The second kappa shape index (κ2) is 2.80. The van der Waals surface area contributed by atoms with Crippen LogP contribution >= 0.6 is 9.24 Å². The van der Waals surface area contributed by atoms with Crippen molar-refractivity contribution in [1.29, 1.82) is 0 Å². The van der Waals surface area contributed by atoms with Gasteiger partial charge in [-0.3, -0.25) is 0 Å². The molecule has 1 unspecified atom stereocenters. The molecule has 2 N–H and O–H groups in total. The van der Waals surface area contributed by atoms with E-state index in [-0.39, 0.29) is 0 Å². The molecule has 0 aromatic rings. The SMILES string of the molecule is NC1CCC(P)CC1. The molecule has 2 heteroatoms. The summed E-state index contributed by atoms with van der Waals surface area (Å²) in [5.74, 6) is 0. The third-order valence-electron chi connectivity index (χ3n) is 1.82. The van der Waals surface area contributed by atoms with E-state index < -0.39 is 0 Å². The maximum absolute atomic E-state index is 5.69. The Hall–Kier alpha value is 0.390. The van der Waals surface area contributed by atoms with Crippen LogP contribution in [0.4, 0.5) is 0 Å². The van der Waals surface area contributed by atoms with Crippen LogP contribution in [0.2, 0.25) is 0 Å². The summed E-state index contributed by atoms with van der Waals surface area (Å²) in [6.07, 6.45) is 5.08. The summed E-state index contributed by atoms with van der Waals surface area (Å²) >= 11 is 0. The van der Waals surface area contributed by atoms with Crippen LogP contribution in [0.3, 0.4) is 0 Å². The summed E-state index contributed by atoms with van der Waals surface area (Å²) in [4.78, 5) is 0. The standard InChI is InChI=1S/C6H14NP/c7-5-1-3-6(8)4-2-5/h5-6H,1-4,7-8H2. The van der Waals surface area contributed by atoms with Gasteiger partial charge in [-0.2, -0.15) is 0 Å². The monoisotopic (exact) mass is 131 g/mol. The summed E-state index contributed by atoms with van der Waals surface area (Å²) in [5, 5.41) is 0. The van der Waals surface area contributed by atoms with Crippen molar-refractivity contribution in [2.45, 2.75) is 37.4 Å². The fraction of sp³-hybridized carbons (Fsp3) is 1.00. The van der Waals surface area contributed by atoms with Crippen LogP contribution in [0, 0.1) is 0 Å². The van der Waals surface area contributed by atoms with E-state index in [0.29, 0.717) is 6.04 Å². The van der Waals surface area contributed by atoms with Gasteiger partial charge in [0.2, 0.25) is 0 Å². The van der Waals surface area contributed by atoms with Crippen molar-refractivity contribution in [2.75, 3.05) is 0 Å². The smallest absolute Gasteiger partial charge is 0.00392 e. The Kier molecular flexibility index (Phi) is 2.27. The topological polar surface area (TPSA) is 26.0 Å². The molecule has 0 aromatic heterocycles. The van der Waals surface area contributed by atoms with E-state index in [1.807, 2.05) is 0 Å². The molecular weight excluding hydrogens is 117 g/mol. The molecule has 0 saturated heterocycles. The van der Waals surface area contributed by atoms with Crippen molar-refractivity contribution in [3.8, 4) is 0 Å². The molecule has 0 bridgehead atoms. The average Bonchev–Trinajstić information content (AvgIpc) is 1.77. The minimum atomic E-state index is 0.506. The molecule has 1 aliphatic rings. The molecule has 0 spiro atoms. The summed E-state index contributed by atoms with van der Waals surface area (Å²) in [5.41, 5.74) is 6.54. The van der Waals surface area contributed by atoms with Gasteiger partial charge in [0.05, 0.1) is 0 Å². The van der Waals surface area contributed by atoms with Crippen LogP contribution in [0.5, 0.6) is 0 Å². The van der Waals surface area contributed by atoms with Crippen molar-refractivity contribution in [3.05, 3.63) is 0 Å². The van der Waals surface area contributed by atoms with E-state index in [2.05, 4.69) is 9.24 Å². The van der Waals surface area contributed by atoms with Gasteiger partial charge >= 0.3 is 0 Å². The van der Waals surface area contributed by atoms with Gasteiger partial charge in [-0.25, -0.2) is 0 Å². The first kappa shape index (κ1) is 6.51. The van der Waals surface area contributed by atoms with Crippen LogP contribution in [0.25, 0.3) is 0 Å². The highest BCUT2D eigenvalue weighted by Gasteiger charge is 2.13. The molecule has 1 nitrogen and oxygen atoms in total. The lowest BCUT2D eigenvalue weighted by Crippen LogP contribution is -2.26. The average molecular weight is 131 g/mol. The van der Waals surface area contributed by atoms with Crippen LogP contribution in [0.15, 0.2) is 0 Å². The first-order chi connectivity index (χ1) is 3.79. The van der Waals surface area contributed by atoms with Gasteiger partial charge in [0.15, 0.2) is 0 Å². The quantitative estimate of drug-likeness (QED) is 0.490. The molecule has 1 saturated carbocycles. The summed E-state index contributed by atoms with van der Waals surface area (Å²) in [6, 6.07) is 0.506. The number of hydrogen-bond acceptors (Lipinski definition) is 1. The van der Waals surface area contributed by atoms with E-state index in [1.165, 1.54) is 25.7 Å². The molecule has 1 atom stereocenters. The largest absolute Gasteiger partial charge is 0.328 e. The van der Waals surface area contributed by atoms with Gasteiger partial charge in [-0.15, -0.1) is 9.24 Å². The summed E-state index contributed by atoms with van der Waals surface area (Å²) < 4.78 is 0. The van der Waals surface area contributed by atoms with Crippen LogP contribution in [-0.2, 0) is 0 Å². The predicted octanol–water partition coefficient (Wildman–Crippen LogP) is 1.13. The Morgan fingerprint density at radius 2 is 1.62 bits per heavy atom. The van der Waals surface area contributed by atoms with Gasteiger partial charge < -0.3 is 5.73 Å². The highest BCUT2D eigenvalue weighted by Crippen LogP contribution is 2.22. The van der Waals surface area contributed by atoms with Crippen molar-refractivity contribution >= 4 is 9.24 Å². The molecule has 1 fully saturated rings. The Bertz CT molecular complexity index is 56.9. The van der Waals surface area contributed by atoms with Crippen LogP contribution in [0.1, 0.15) is 25.7 Å². The maximum Gasteiger partial charge on any atom is 0.00392 e. The molecule has 0 heterocycles. The minimum absolute atomic E-state index is 0.506. The fourth-order valence-electron chi connectivity index (χ4n) is 1.14. The first-order valence-corrected chi connectivity index (χ1v) is 3.97. The lowest BCUT2D eigenvalue weighted by atomic mass is 9.96. The van der Waals surface area contributed by atoms with Crippen molar-refractivity contribution in [3.63, 3.8) is 0 Å². The third kappa shape index (κ3) is 1.72. The summed E-state index contributed by atoms with van der Waals surface area (Å²) in [6.45, 7) is 0. The maximum atomic E-state index is 5.69. The number of hydrogen-bond donors (Lipinski definition) is 1. The molecule has 0 amide bonds. The van der Waals surface area contributed by atoms with Gasteiger partial charge in [-0.05, 0) is 31.3 Å². The molecule has 8 heavy (non-hydrogen) atoms. The Morgan fingerprint density at radius 3 is 2.00 bits per heavy atom. The van der Waals surface area contributed by atoms with E-state index in [4.69, 9.17) is 5.73 Å². The van der Waals surface area contributed by atoms with Gasteiger partial charge in [-0.1, -0.05) is 0 Å².